The van der Waals surface area contributed by atoms with E-state index in [-0.39, 0.29) is 0 Å². The highest BCUT2D eigenvalue weighted by molar-refractivity contribution is 5.27. The molecular formula is C16H23NO. The quantitative estimate of drug-likeness (QED) is 0.532. The van der Waals surface area contributed by atoms with E-state index in [9.17, 15) is 0 Å². The number of nitrogens with one attached hydrogen (secondary N) is 1. The lowest BCUT2D eigenvalue weighted by Crippen LogP contribution is -2.32. The van der Waals surface area contributed by atoms with E-state index in [4.69, 9.17) is 4.74 Å². The Morgan fingerprint density at radius 1 is 1.28 bits per heavy atom. The molecular weight excluding hydrogens is 222 g/mol. The van der Waals surface area contributed by atoms with Crippen LogP contribution in [0.5, 0.6) is 0 Å². The van der Waals surface area contributed by atoms with Crippen molar-refractivity contribution in [1.29, 1.82) is 0 Å². The summed E-state index contributed by atoms with van der Waals surface area (Å²) < 4.78 is 5.96. The largest absolute Gasteiger partial charge is 0.366 e. The number of ether oxygens (including phenoxy) is 1. The third kappa shape index (κ3) is 3.83. The fourth-order valence-electron chi connectivity index (χ4n) is 2.03. The summed E-state index contributed by atoms with van der Waals surface area (Å²) in [5.41, 5.74) is 0.756. The lowest BCUT2D eigenvalue weighted by Gasteiger charge is -2.31. The van der Waals surface area contributed by atoms with Crippen molar-refractivity contribution < 1.29 is 4.74 Å². The molecule has 1 atom stereocenters. The van der Waals surface area contributed by atoms with E-state index in [2.05, 4.69) is 30.6 Å². The minimum atomic E-state index is -0.399. The average Bonchev–Trinajstić information content (AvgIpc) is 2.43. The zero-order chi connectivity index (χ0) is 13.3. The summed E-state index contributed by atoms with van der Waals surface area (Å²) >= 11 is 0. The minimum Gasteiger partial charge on any atom is -0.366 e. The van der Waals surface area contributed by atoms with Gasteiger partial charge in [-0.3, -0.25) is 0 Å². The van der Waals surface area contributed by atoms with Crippen LogP contribution in [0.4, 0.5) is 0 Å². The van der Waals surface area contributed by atoms with Gasteiger partial charge < -0.3 is 10.1 Å². The number of benzene rings is 1. The normalized spacial score (nSPS) is 13.8. The molecule has 1 N–H and O–H groups in total. The van der Waals surface area contributed by atoms with Gasteiger partial charge in [0.2, 0.25) is 0 Å². The first kappa shape index (κ1) is 14.7. The van der Waals surface area contributed by atoms with Crippen molar-refractivity contribution in [3.05, 3.63) is 61.2 Å². The van der Waals surface area contributed by atoms with Crippen LogP contribution in [0, 0.1) is 0 Å². The first-order valence-corrected chi connectivity index (χ1v) is 6.43. The van der Waals surface area contributed by atoms with Gasteiger partial charge in [0.15, 0.2) is 0 Å². The smallest absolute Gasteiger partial charge is 0.112 e. The molecule has 0 heterocycles. The zero-order valence-electron chi connectivity index (χ0n) is 11.2. The molecule has 0 aliphatic rings. The number of rotatable bonds is 9. The summed E-state index contributed by atoms with van der Waals surface area (Å²) in [7, 11) is 0. The molecule has 98 valence electrons. The van der Waals surface area contributed by atoms with Crippen LogP contribution >= 0.6 is 0 Å². The Labute approximate surface area is 110 Å². The summed E-state index contributed by atoms with van der Waals surface area (Å²) in [6.45, 7) is 12.0. The van der Waals surface area contributed by atoms with Gasteiger partial charge in [0, 0.05) is 13.2 Å². The molecule has 0 saturated heterocycles. The Balaban J connectivity index is 2.80. The van der Waals surface area contributed by atoms with E-state index in [1.54, 1.807) is 0 Å². The van der Waals surface area contributed by atoms with Crippen LogP contribution < -0.4 is 5.32 Å². The molecule has 0 spiro atoms. The van der Waals surface area contributed by atoms with Crippen LogP contribution in [0.15, 0.2) is 55.6 Å². The predicted octanol–water partition coefficient (Wildman–Crippen LogP) is 3.27. The average molecular weight is 245 g/mol. The molecule has 0 bridgehead atoms. The van der Waals surface area contributed by atoms with Crippen LogP contribution in [-0.2, 0) is 10.3 Å². The molecule has 0 saturated carbocycles. The van der Waals surface area contributed by atoms with E-state index < -0.39 is 5.60 Å². The number of hydrogen-bond donors (Lipinski definition) is 1. The first-order valence-electron chi connectivity index (χ1n) is 6.43. The maximum Gasteiger partial charge on any atom is 0.112 e. The van der Waals surface area contributed by atoms with Crippen molar-refractivity contribution in [3.8, 4) is 0 Å². The summed E-state index contributed by atoms with van der Waals surface area (Å²) in [6.07, 6.45) is 4.63. The fraction of sp³-hybridized carbons (Fsp3) is 0.375. The van der Waals surface area contributed by atoms with E-state index in [1.807, 2.05) is 37.3 Å². The third-order valence-electron chi connectivity index (χ3n) is 2.96. The van der Waals surface area contributed by atoms with Gasteiger partial charge in [-0.15, -0.1) is 6.58 Å². The van der Waals surface area contributed by atoms with E-state index in [0.717, 1.165) is 25.1 Å². The maximum absolute atomic E-state index is 5.96. The summed E-state index contributed by atoms with van der Waals surface area (Å²) in [4.78, 5) is 0. The van der Waals surface area contributed by atoms with Crippen molar-refractivity contribution in [2.24, 2.45) is 0 Å². The standard InChI is InChI=1S/C16H23NO/c1-4-13-17-14-12-16(5-2,18-6-3)15-10-8-7-9-11-15/h4-5,7-11,17H,1-2,6,12-14H2,3H3/t16-/m1/s1. The van der Waals surface area contributed by atoms with Crippen LogP contribution in [0.3, 0.4) is 0 Å². The fourth-order valence-corrected chi connectivity index (χ4v) is 2.03. The molecule has 2 nitrogen and oxygen atoms in total. The van der Waals surface area contributed by atoms with Gasteiger partial charge in [0.1, 0.15) is 5.60 Å². The van der Waals surface area contributed by atoms with Crippen LogP contribution in [0.25, 0.3) is 0 Å². The van der Waals surface area contributed by atoms with Crippen molar-refractivity contribution in [3.63, 3.8) is 0 Å². The lowest BCUT2D eigenvalue weighted by molar-refractivity contribution is -0.0105. The molecule has 1 aromatic carbocycles. The molecule has 1 rings (SSSR count). The van der Waals surface area contributed by atoms with E-state index in [1.165, 1.54) is 0 Å². The second kappa shape index (κ2) is 7.85. The highest BCUT2D eigenvalue weighted by Gasteiger charge is 2.28. The van der Waals surface area contributed by atoms with E-state index >= 15 is 0 Å². The third-order valence-corrected chi connectivity index (χ3v) is 2.96. The monoisotopic (exact) mass is 245 g/mol. The SMILES string of the molecule is C=CCNCC[C@@](C=C)(OCC)c1ccccc1. The Bertz CT molecular complexity index is 361. The van der Waals surface area contributed by atoms with Crippen LogP contribution in [0.1, 0.15) is 18.9 Å². The van der Waals surface area contributed by atoms with Crippen LogP contribution in [-0.4, -0.2) is 19.7 Å². The topological polar surface area (TPSA) is 21.3 Å². The highest BCUT2D eigenvalue weighted by atomic mass is 16.5. The van der Waals surface area contributed by atoms with Crippen molar-refractivity contribution in [2.45, 2.75) is 18.9 Å². The predicted molar refractivity (Wildman–Crippen MR) is 77.6 cm³/mol. The van der Waals surface area contributed by atoms with Crippen molar-refractivity contribution >= 4 is 0 Å². The lowest BCUT2D eigenvalue weighted by atomic mass is 9.90. The van der Waals surface area contributed by atoms with Gasteiger partial charge in [-0.2, -0.15) is 0 Å². The molecule has 0 amide bonds. The second-order valence-electron chi connectivity index (χ2n) is 4.14. The van der Waals surface area contributed by atoms with Gasteiger partial charge in [-0.05, 0) is 25.5 Å². The number of hydrogen-bond acceptors (Lipinski definition) is 2. The summed E-state index contributed by atoms with van der Waals surface area (Å²) in [5.74, 6) is 0. The summed E-state index contributed by atoms with van der Waals surface area (Å²) in [6, 6.07) is 10.3. The molecule has 0 unspecified atom stereocenters. The van der Waals surface area contributed by atoms with Gasteiger partial charge in [0.25, 0.3) is 0 Å². The summed E-state index contributed by atoms with van der Waals surface area (Å²) in [5, 5.41) is 3.31. The molecule has 0 aliphatic heterocycles. The molecule has 0 fully saturated rings. The Kier molecular flexibility index (Phi) is 6.40. The van der Waals surface area contributed by atoms with Crippen molar-refractivity contribution in [2.75, 3.05) is 19.7 Å². The van der Waals surface area contributed by atoms with Gasteiger partial charge in [-0.25, -0.2) is 0 Å². The Hall–Kier alpha value is -1.38. The van der Waals surface area contributed by atoms with Gasteiger partial charge in [-0.1, -0.05) is 49.1 Å². The maximum atomic E-state index is 5.96. The molecule has 0 aliphatic carbocycles. The molecule has 18 heavy (non-hydrogen) atoms. The molecule has 0 aromatic heterocycles. The minimum absolute atomic E-state index is 0.399. The Morgan fingerprint density at radius 2 is 2.00 bits per heavy atom. The van der Waals surface area contributed by atoms with E-state index in [0.29, 0.717) is 6.61 Å². The Morgan fingerprint density at radius 3 is 2.56 bits per heavy atom. The van der Waals surface area contributed by atoms with Gasteiger partial charge in [0.05, 0.1) is 0 Å². The molecule has 1 aromatic rings. The first-order chi connectivity index (χ1) is 8.79. The second-order valence-corrected chi connectivity index (χ2v) is 4.14. The van der Waals surface area contributed by atoms with Crippen molar-refractivity contribution in [1.82, 2.24) is 5.32 Å². The molecule has 0 radical (unpaired) electrons. The molecule has 2 heteroatoms. The van der Waals surface area contributed by atoms with Gasteiger partial charge >= 0.3 is 0 Å². The van der Waals surface area contributed by atoms with Crippen LogP contribution in [0.2, 0.25) is 0 Å². The zero-order valence-corrected chi connectivity index (χ0v) is 11.2. The highest BCUT2D eigenvalue weighted by Crippen LogP contribution is 2.30.